The first kappa shape index (κ1) is 11.5. The van der Waals surface area contributed by atoms with E-state index in [0.717, 1.165) is 25.9 Å². The highest BCUT2D eigenvalue weighted by Gasteiger charge is 2.22. The summed E-state index contributed by atoms with van der Waals surface area (Å²) in [5.41, 5.74) is 0.530. The lowest BCUT2D eigenvalue weighted by Crippen LogP contribution is -2.19. The van der Waals surface area contributed by atoms with E-state index in [0.29, 0.717) is 10.2 Å². The van der Waals surface area contributed by atoms with Gasteiger partial charge in [0.2, 0.25) is 0 Å². The van der Waals surface area contributed by atoms with E-state index in [9.17, 15) is 4.39 Å². The second kappa shape index (κ2) is 4.48. The van der Waals surface area contributed by atoms with Gasteiger partial charge < -0.3 is 4.90 Å². The molecule has 1 nitrogen and oxygen atoms in total. The molecule has 0 amide bonds. The molecule has 0 unspecified atom stereocenters. The molecule has 0 spiro atoms. The summed E-state index contributed by atoms with van der Waals surface area (Å²) in [5.74, 6) is -0.432. The first-order chi connectivity index (χ1) is 7.11. The van der Waals surface area contributed by atoms with Crippen LogP contribution in [0.1, 0.15) is 12.8 Å². The Hall–Kier alpha value is 0.01000. The van der Waals surface area contributed by atoms with Gasteiger partial charge in [-0.25, -0.2) is 4.39 Å². The van der Waals surface area contributed by atoms with E-state index < -0.39 is 5.82 Å². The molecule has 2 rings (SSSR count). The Balaban J connectivity index is 2.50. The van der Waals surface area contributed by atoms with Gasteiger partial charge in [-0.2, -0.15) is 0 Å². The number of nitrogens with zero attached hydrogens (tertiary/aromatic N) is 1. The van der Waals surface area contributed by atoms with Gasteiger partial charge >= 0.3 is 0 Å². The van der Waals surface area contributed by atoms with Crippen LogP contribution in [0.4, 0.5) is 10.1 Å². The van der Waals surface area contributed by atoms with Crippen LogP contribution in [0.3, 0.4) is 0 Å². The average molecular weight is 313 g/mol. The highest BCUT2D eigenvalue weighted by atomic mass is 79.9. The number of halogens is 4. The van der Waals surface area contributed by atoms with Crippen molar-refractivity contribution >= 4 is 44.8 Å². The zero-order chi connectivity index (χ0) is 11.0. The Labute approximate surface area is 106 Å². The third kappa shape index (κ3) is 2.10. The highest BCUT2D eigenvalue weighted by molar-refractivity contribution is 9.10. The molecule has 0 saturated carbocycles. The summed E-state index contributed by atoms with van der Waals surface area (Å²) in [6.45, 7) is 1.74. The Morgan fingerprint density at radius 1 is 1.27 bits per heavy atom. The standard InChI is InChI=1S/C10H9BrCl2FN/c11-6-5-7(12)8(13)9(14)10(6)15-3-1-2-4-15/h5H,1-4H2. The lowest BCUT2D eigenvalue weighted by Gasteiger charge is -2.20. The third-order valence-corrected chi connectivity index (χ3v) is 3.88. The zero-order valence-corrected chi connectivity index (χ0v) is 11.0. The van der Waals surface area contributed by atoms with Crippen LogP contribution in [0, 0.1) is 5.82 Å². The van der Waals surface area contributed by atoms with E-state index in [2.05, 4.69) is 15.9 Å². The van der Waals surface area contributed by atoms with Crippen molar-refractivity contribution in [3.63, 3.8) is 0 Å². The summed E-state index contributed by atoms with van der Waals surface area (Å²) < 4.78 is 14.6. The molecule has 0 N–H and O–H groups in total. The smallest absolute Gasteiger partial charge is 0.167 e. The maximum Gasteiger partial charge on any atom is 0.167 e. The summed E-state index contributed by atoms with van der Waals surface area (Å²) in [4.78, 5) is 1.99. The number of hydrogen-bond acceptors (Lipinski definition) is 1. The maximum absolute atomic E-state index is 13.9. The van der Waals surface area contributed by atoms with Gasteiger partial charge in [-0.15, -0.1) is 0 Å². The number of benzene rings is 1. The Kier molecular flexibility index (Phi) is 3.43. The van der Waals surface area contributed by atoms with Crippen molar-refractivity contribution in [1.29, 1.82) is 0 Å². The zero-order valence-electron chi connectivity index (χ0n) is 7.86. The minimum atomic E-state index is -0.432. The van der Waals surface area contributed by atoms with E-state index in [-0.39, 0.29) is 10.0 Å². The number of rotatable bonds is 1. The first-order valence-corrected chi connectivity index (χ1v) is 6.24. The van der Waals surface area contributed by atoms with Crippen LogP contribution >= 0.6 is 39.1 Å². The first-order valence-electron chi connectivity index (χ1n) is 4.69. The minimum absolute atomic E-state index is 0.00164. The fraction of sp³-hybridized carbons (Fsp3) is 0.400. The van der Waals surface area contributed by atoms with Crippen LogP contribution in [0.25, 0.3) is 0 Å². The molecule has 1 saturated heterocycles. The SMILES string of the molecule is Fc1c(Cl)c(Cl)cc(Br)c1N1CCCC1. The van der Waals surface area contributed by atoms with E-state index in [1.54, 1.807) is 6.07 Å². The molecule has 1 heterocycles. The van der Waals surface area contributed by atoms with Gasteiger partial charge in [0.05, 0.1) is 15.7 Å². The van der Waals surface area contributed by atoms with E-state index in [4.69, 9.17) is 23.2 Å². The van der Waals surface area contributed by atoms with Crippen LogP contribution in [0.15, 0.2) is 10.5 Å². The largest absolute Gasteiger partial charge is 0.368 e. The lowest BCUT2D eigenvalue weighted by atomic mass is 10.3. The highest BCUT2D eigenvalue weighted by Crippen LogP contribution is 2.39. The van der Waals surface area contributed by atoms with Gasteiger partial charge in [0.15, 0.2) is 5.82 Å². The predicted octanol–water partition coefficient (Wildman–Crippen LogP) is 4.50. The van der Waals surface area contributed by atoms with E-state index in [1.165, 1.54) is 0 Å². The normalized spacial score (nSPS) is 16.1. The Morgan fingerprint density at radius 3 is 2.47 bits per heavy atom. The maximum atomic E-state index is 13.9. The number of hydrogen-bond donors (Lipinski definition) is 0. The van der Waals surface area contributed by atoms with Gasteiger partial charge in [0, 0.05) is 17.6 Å². The molecule has 1 aliphatic rings. The fourth-order valence-electron chi connectivity index (χ4n) is 1.79. The predicted molar refractivity (Wildman–Crippen MR) is 65.6 cm³/mol. The summed E-state index contributed by atoms with van der Waals surface area (Å²) in [5, 5.41) is 0.241. The quantitative estimate of drug-likeness (QED) is 0.545. The topological polar surface area (TPSA) is 3.24 Å². The van der Waals surface area contributed by atoms with Crippen LogP contribution in [0.5, 0.6) is 0 Å². The van der Waals surface area contributed by atoms with Crippen molar-refractivity contribution in [1.82, 2.24) is 0 Å². The molecule has 1 fully saturated rings. The van der Waals surface area contributed by atoms with Gasteiger partial charge in [-0.3, -0.25) is 0 Å². The van der Waals surface area contributed by atoms with Crippen molar-refractivity contribution in [2.75, 3.05) is 18.0 Å². The van der Waals surface area contributed by atoms with Crippen LogP contribution < -0.4 is 4.90 Å². The fourth-order valence-corrected chi connectivity index (χ4v) is 2.91. The van der Waals surface area contributed by atoms with Gasteiger partial charge in [-0.1, -0.05) is 23.2 Å². The van der Waals surface area contributed by atoms with Crippen molar-refractivity contribution in [2.45, 2.75) is 12.8 Å². The molecule has 0 radical (unpaired) electrons. The molecule has 0 aromatic heterocycles. The molecule has 0 bridgehead atoms. The molecular weight excluding hydrogens is 304 g/mol. The second-order valence-corrected chi connectivity index (χ2v) is 5.15. The molecule has 15 heavy (non-hydrogen) atoms. The lowest BCUT2D eigenvalue weighted by molar-refractivity contribution is 0.622. The monoisotopic (exact) mass is 311 g/mol. The minimum Gasteiger partial charge on any atom is -0.368 e. The molecular formula is C10H9BrCl2FN. The number of anilines is 1. The third-order valence-electron chi connectivity index (χ3n) is 2.51. The van der Waals surface area contributed by atoms with Crippen LogP contribution in [-0.4, -0.2) is 13.1 Å². The molecule has 0 atom stereocenters. The van der Waals surface area contributed by atoms with Gasteiger partial charge in [0.1, 0.15) is 0 Å². The summed E-state index contributed by atoms with van der Waals surface area (Å²) >= 11 is 14.9. The van der Waals surface area contributed by atoms with Crippen molar-refractivity contribution < 1.29 is 4.39 Å². The Morgan fingerprint density at radius 2 is 1.87 bits per heavy atom. The molecule has 5 heteroatoms. The van der Waals surface area contributed by atoms with E-state index >= 15 is 0 Å². The summed E-state index contributed by atoms with van der Waals surface area (Å²) in [6.07, 6.45) is 2.18. The molecule has 82 valence electrons. The van der Waals surface area contributed by atoms with Crippen LogP contribution in [0.2, 0.25) is 10.0 Å². The second-order valence-electron chi connectivity index (χ2n) is 3.51. The molecule has 1 aromatic carbocycles. The molecule has 1 aliphatic heterocycles. The van der Waals surface area contributed by atoms with Gasteiger partial charge in [-0.05, 0) is 34.8 Å². The summed E-state index contributed by atoms with van der Waals surface area (Å²) in [7, 11) is 0. The van der Waals surface area contributed by atoms with Crippen molar-refractivity contribution in [2.24, 2.45) is 0 Å². The van der Waals surface area contributed by atoms with Crippen molar-refractivity contribution in [3.05, 3.63) is 26.4 Å². The molecule has 1 aromatic rings. The van der Waals surface area contributed by atoms with Crippen molar-refractivity contribution in [3.8, 4) is 0 Å². The Bertz CT molecular complexity index is 391. The molecule has 0 aliphatic carbocycles. The van der Waals surface area contributed by atoms with Gasteiger partial charge in [0.25, 0.3) is 0 Å². The van der Waals surface area contributed by atoms with E-state index in [1.807, 2.05) is 4.90 Å². The summed E-state index contributed by atoms with van der Waals surface area (Å²) in [6, 6.07) is 1.64. The average Bonchev–Trinajstić information content (AvgIpc) is 2.68. The van der Waals surface area contributed by atoms with Crippen LogP contribution in [-0.2, 0) is 0 Å².